The second-order valence-electron chi connectivity index (χ2n) is 6.51. The third kappa shape index (κ3) is 5.86. The van der Waals surface area contributed by atoms with Crippen molar-refractivity contribution in [1.82, 2.24) is 10.6 Å². The van der Waals surface area contributed by atoms with Crippen molar-refractivity contribution < 1.29 is 9.84 Å². The number of ether oxygens (including phenoxy) is 1. The summed E-state index contributed by atoms with van der Waals surface area (Å²) in [5.41, 5.74) is 1.06. The van der Waals surface area contributed by atoms with Crippen LogP contribution in [0.25, 0.3) is 0 Å². The lowest BCUT2D eigenvalue weighted by Gasteiger charge is -2.27. The Balaban J connectivity index is 1.60. The molecule has 0 aliphatic heterocycles. The van der Waals surface area contributed by atoms with Gasteiger partial charge in [0.1, 0.15) is 11.9 Å². The molecule has 0 bridgehead atoms. The minimum atomic E-state index is -0.624. The maximum atomic E-state index is 10.3. The summed E-state index contributed by atoms with van der Waals surface area (Å²) in [6.07, 6.45) is 3.23. The van der Waals surface area contributed by atoms with Crippen LogP contribution in [0.1, 0.15) is 42.7 Å². The number of guanidine groups is 1. The van der Waals surface area contributed by atoms with Crippen LogP contribution in [-0.4, -0.2) is 30.3 Å². The molecule has 0 saturated heterocycles. The summed E-state index contributed by atoms with van der Waals surface area (Å²) in [6, 6.07) is 11.7. The van der Waals surface area contributed by atoms with Crippen LogP contribution in [0.3, 0.4) is 0 Å². The Kier molecular flexibility index (Phi) is 7.38. The number of hydrogen-bond donors (Lipinski definition) is 3. The van der Waals surface area contributed by atoms with E-state index in [1.165, 1.54) is 17.8 Å². The molecule has 3 N–H and O–H groups in total. The number of aliphatic hydroxyl groups is 1. The van der Waals surface area contributed by atoms with E-state index in [0.29, 0.717) is 29.5 Å². The molecule has 1 aromatic heterocycles. The van der Waals surface area contributed by atoms with Crippen LogP contribution in [0.15, 0.2) is 41.4 Å². The fourth-order valence-electron chi connectivity index (χ4n) is 2.72. The summed E-state index contributed by atoms with van der Waals surface area (Å²) >= 11 is 7.32. The van der Waals surface area contributed by atoms with Gasteiger partial charge in [0, 0.05) is 23.5 Å². The molecule has 1 heterocycles. The lowest BCUT2D eigenvalue weighted by Crippen LogP contribution is -2.39. The van der Waals surface area contributed by atoms with Crippen molar-refractivity contribution >= 4 is 28.9 Å². The van der Waals surface area contributed by atoms with E-state index in [1.807, 2.05) is 37.3 Å². The lowest BCUT2D eigenvalue weighted by atomic mass is 9.96. The Morgan fingerprint density at radius 2 is 2.11 bits per heavy atom. The fraction of sp³-hybridized carbons (Fsp3) is 0.450. The van der Waals surface area contributed by atoms with Crippen molar-refractivity contribution in [2.75, 3.05) is 13.1 Å². The minimum Gasteiger partial charge on any atom is -0.490 e. The van der Waals surface area contributed by atoms with Crippen LogP contribution in [0.4, 0.5) is 0 Å². The first kappa shape index (κ1) is 20.0. The number of para-hydroxylation sites is 1. The zero-order valence-corrected chi connectivity index (χ0v) is 17.0. The number of aliphatic imine (C=N–C) groups is 1. The maximum Gasteiger partial charge on any atom is 0.191 e. The van der Waals surface area contributed by atoms with E-state index >= 15 is 0 Å². The van der Waals surface area contributed by atoms with E-state index in [4.69, 9.17) is 16.3 Å². The van der Waals surface area contributed by atoms with Crippen LogP contribution in [0.2, 0.25) is 4.34 Å². The van der Waals surface area contributed by atoms with Gasteiger partial charge in [0.05, 0.1) is 17.0 Å². The molecule has 0 amide bonds. The Morgan fingerprint density at radius 1 is 1.30 bits per heavy atom. The molecule has 0 spiro atoms. The molecular formula is C20H26ClN3O2S. The number of hydrogen-bond acceptors (Lipinski definition) is 4. The minimum absolute atomic E-state index is 0.342. The van der Waals surface area contributed by atoms with Crippen molar-refractivity contribution in [3.63, 3.8) is 0 Å². The Morgan fingerprint density at radius 3 is 2.78 bits per heavy atom. The van der Waals surface area contributed by atoms with Crippen LogP contribution >= 0.6 is 22.9 Å². The zero-order chi connectivity index (χ0) is 19.1. The Hall–Kier alpha value is -1.76. The van der Waals surface area contributed by atoms with Gasteiger partial charge in [0.15, 0.2) is 5.96 Å². The summed E-state index contributed by atoms with van der Waals surface area (Å²) in [4.78, 5) is 5.48. The summed E-state index contributed by atoms with van der Waals surface area (Å²) in [5, 5.41) is 16.7. The van der Waals surface area contributed by atoms with Gasteiger partial charge < -0.3 is 20.5 Å². The first-order valence-electron chi connectivity index (χ1n) is 9.35. The summed E-state index contributed by atoms with van der Waals surface area (Å²) < 4.78 is 6.74. The molecule has 1 unspecified atom stereocenters. The predicted molar refractivity (Wildman–Crippen MR) is 112 cm³/mol. The number of nitrogens with one attached hydrogen (secondary N) is 2. The number of thiophene rings is 1. The molecule has 1 aromatic carbocycles. The van der Waals surface area contributed by atoms with E-state index in [1.54, 1.807) is 6.07 Å². The van der Waals surface area contributed by atoms with Gasteiger partial charge in [-0.05, 0) is 44.4 Å². The van der Waals surface area contributed by atoms with Crippen molar-refractivity contribution in [3.8, 4) is 5.75 Å². The van der Waals surface area contributed by atoms with Gasteiger partial charge in [-0.1, -0.05) is 29.8 Å². The normalized spacial score (nSPS) is 15.9. The second kappa shape index (κ2) is 9.97. The van der Waals surface area contributed by atoms with E-state index in [0.717, 1.165) is 35.6 Å². The highest BCUT2D eigenvalue weighted by Crippen LogP contribution is 2.28. The molecule has 1 saturated carbocycles. The standard InChI is InChI=1S/C20H26ClN3O2S/c1-2-22-20(24-13-16(25)18-10-11-19(21)27-18)23-12-14-6-3-4-9-17(14)26-15-7-5-8-15/h3-4,6,9-11,15-16,25H,2,5,7-8,12-13H2,1H3,(H2,22,23,24). The van der Waals surface area contributed by atoms with Gasteiger partial charge in [-0.2, -0.15) is 0 Å². The van der Waals surface area contributed by atoms with Crippen molar-refractivity contribution in [2.45, 2.75) is 44.9 Å². The lowest BCUT2D eigenvalue weighted by molar-refractivity contribution is 0.119. The number of halogens is 1. The van der Waals surface area contributed by atoms with Crippen molar-refractivity contribution in [1.29, 1.82) is 0 Å². The first-order chi connectivity index (χ1) is 13.2. The molecule has 3 rings (SSSR count). The maximum absolute atomic E-state index is 10.3. The number of rotatable bonds is 8. The van der Waals surface area contributed by atoms with Crippen molar-refractivity contribution in [3.05, 3.63) is 51.2 Å². The molecule has 1 aliphatic rings. The molecule has 146 valence electrons. The van der Waals surface area contributed by atoms with Gasteiger partial charge in [-0.25, -0.2) is 4.99 Å². The van der Waals surface area contributed by atoms with Crippen LogP contribution in [0.5, 0.6) is 5.75 Å². The summed E-state index contributed by atoms with van der Waals surface area (Å²) in [7, 11) is 0. The zero-order valence-electron chi connectivity index (χ0n) is 15.5. The average Bonchev–Trinajstić information content (AvgIpc) is 3.07. The molecule has 1 aliphatic carbocycles. The Labute approximate surface area is 169 Å². The van der Waals surface area contributed by atoms with E-state index in [-0.39, 0.29) is 0 Å². The van der Waals surface area contributed by atoms with E-state index < -0.39 is 6.10 Å². The fourth-order valence-corrected chi connectivity index (χ4v) is 3.77. The highest BCUT2D eigenvalue weighted by Gasteiger charge is 2.20. The van der Waals surface area contributed by atoms with E-state index in [9.17, 15) is 5.11 Å². The monoisotopic (exact) mass is 407 g/mol. The molecule has 7 heteroatoms. The average molecular weight is 408 g/mol. The molecular weight excluding hydrogens is 382 g/mol. The summed E-state index contributed by atoms with van der Waals surface area (Å²) in [6.45, 7) is 3.63. The molecule has 27 heavy (non-hydrogen) atoms. The topological polar surface area (TPSA) is 65.9 Å². The third-order valence-corrected chi connectivity index (χ3v) is 5.79. The van der Waals surface area contributed by atoms with Crippen molar-refractivity contribution in [2.24, 2.45) is 4.99 Å². The predicted octanol–water partition coefficient (Wildman–Crippen LogP) is 4.12. The molecule has 1 atom stereocenters. The van der Waals surface area contributed by atoms with E-state index in [2.05, 4.69) is 15.6 Å². The largest absolute Gasteiger partial charge is 0.490 e. The number of benzene rings is 1. The van der Waals surface area contributed by atoms with Crippen LogP contribution < -0.4 is 15.4 Å². The molecule has 5 nitrogen and oxygen atoms in total. The highest BCUT2D eigenvalue weighted by molar-refractivity contribution is 7.16. The van der Waals surface area contributed by atoms with Gasteiger partial charge in [0.2, 0.25) is 0 Å². The molecule has 2 aromatic rings. The smallest absolute Gasteiger partial charge is 0.191 e. The Bertz CT molecular complexity index is 761. The number of aliphatic hydroxyl groups excluding tert-OH is 1. The second-order valence-corrected chi connectivity index (χ2v) is 8.26. The quantitative estimate of drug-likeness (QED) is 0.455. The number of nitrogens with zero attached hydrogens (tertiary/aromatic N) is 1. The van der Waals surface area contributed by atoms with Gasteiger partial charge in [0.25, 0.3) is 0 Å². The van der Waals surface area contributed by atoms with Gasteiger partial charge in [-0.3, -0.25) is 0 Å². The van der Waals surface area contributed by atoms with Crippen LogP contribution in [-0.2, 0) is 6.54 Å². The SMILES string of the molecule is CCNC(=NCc1ccccc1OC1CCC1)NCC(O)c1ccc(Cl)s1. The molecule has 1 fully saturated rings. The van der Waals surface area contributed by atoms with Gasteiger partial charge >= 0.3 is 0 Å². The summed E-state index contributed by atoms with van der Waals surface area (Å²) in [5.74, 6) is 1.58. The first-order valence-corrected chi connectivity index (χ1v) is 10.5. The molecule has 0 radical (unpaired) electrons. The third-order valence-electron chi connectivity index (χ3n) is 4.46. The van der Waals surface area contributed by atoms with Crippen LogP contribution in [0, 0.1) is 0 Å². The highest BCUT2D eigenvalue weighted by atomic mass is 35.5. The van der Waals surface area contributed by atoms with Gasteiger partial charge in [-0.15, -0.1) is 11.3 Å².